The van der Waals surface area contributed by atoms with Crippen molar-refractivity contribution in [3.8, 4) is 5.75 Å². The molecule has 0 aliphatic heterocycles. The summed E-state index contributed by atoms with van der Waals surface area (Å²) in [4.78, 5) is 14.3. The minimum absolute atomic E-state index is 0.0885. The Labute approximate surface area is 158 Å². The number of rotatable bonds is 8. The van der Waals surface area contributed by atoms with Crippen molar-refractivity contribution in [1.82, 2.24) is 4.90 Å². The Kier molecular flexibility index (Phi) is 7.18. The van der Waals surface area contributed by atoms with E-state index in [1.165, 1.54) is 13.2 Å². The van der Waals surface area contributed by atoms with Gasteiger partial charge in [0.05, 0.1) is 19.3 Å². The van der Waals surface area contributed by atoms with E-state index in [9.17, 15) is 9.18 Å². The zero-order chi connectivity index (χ0) is 19.1. The Morgan fingerprint density at radius 3 is 2.77 bits per heavy atom. The molecule has 138 valence electrons. The second-order valence-corrected chi connectivity index (χ2v) is 6.31. The maximum absolute atomic E-state index is 13.9. The number of anilines is 1. The third-order valence-corrected chi connectivity index (χ3v) is 4.27. The van der Waals surface area contributed by atoms with Crippen molar-refractivity contribution in [2.24, 2.45) is 0 Å². The zero-order valence-electron chi connectivity index (χ0n) is 14.9. The van der Waals surface area contributed by atoms with E-state index in [2.05, 4.69) is 11.9 Å². The Morgan fingerprint density at radius 1 is 1.38 bits per heavy atom. The molecule has 0 saturated carbocycles. The first-order chi connectivity index (χ1) is 12.4. The number of aryl methyl sites for hydroxylation is 1. The minimum atomic E-state index is -0.294. The number of halogens is 2. The summed E-state index contributed by atoms with van der Waals surface area (Å²) < 4.78 is 19.1. The van der Waals surface area contributed by atoms with Gasteiger partial charge in [0.15, 0.2) is 0 Å². The number of carbonyl (C=O) groups excluding carboxylic acids is 1. The van der Waals surface area contributed by atoms with Gasteiger partial charge >= 0.3 is 0 Å². The van der Waals surface area contributed by atoms with E-state index in [1.807, 2.05) is 6.92 Å². The molecule has 0 aliphatic rings. The standard InChI is InChI=1S/C20H22ClFN2O2/c1-4-9-24(12-15-7-5-6-8-17(15)22)13-20(25)23-18-10-14(2)16(21)11-19(18)26-3/h4-8,10-11H,1,9,12-13H2,2-3H3,(H,23,25). The highest BCUT2D eigenvalue weighted by molar-refractivity contribution is 6.31. The van der Waals surface area contributed by atoms with Crippen LogP contribution in [-0.2, 0) is 11.3 Å². The van der Waals surface area contributed by atoms with E-state index >= 15 is 0 Å². The predicted octanol–water partition coefficient (Wildman–Crippen LogP) is 4.42. The number of nitrogens with zero attached hydrogens (tertiary/aromatic N) is 1. The van der Waals surface area contributed by atoms with Gasteiger partial charge in [0.25, 0.3) is 0 Å². The molecule has 4 nitrogen and oxygen atoms in total. The first-order valence-corrected chi connectivity index (χ1v) is 8.53. The van der Waals surface area contributed by atoms with Crippen LogP contribution >= 0.6 is 11.6 Å². The van der Waals surface area contributed by atoms with Crippen molar-refractivity contribution >= 4 is 23.2 Å². The maximum Gasteiger partial charge on any atom is 0.238 e. The third kappa shape index (κ3) is 5.31. The van der Waals surface area contributed by atoms with Crippen LogP contribution < -0.4 is 10.1 Å². The fourth-order valence-corrected chi connectivity index (χ4v) is 2.71. The van der Waals surface area contributed by atoms with E-state index in [0.29, 0.717) is 35.1 Å². The fourth-order valence-electron chi connectivity index (χ4n) is 2.56. The number of benzene rings is 2. The molecule has 2 aromatic rings. The van der Waals surface area contributed by atoms with Gasteiger partial charge in [0, 0.05) is 29.7 Å². The molecule has 0 aromatic heterocycles. The van der Waals surface area contributed by atoms with Crippen LogP contribution in [0.2, 0.25) is 5.02 Å². The lowest BCUT2D eigenvalue weighted by molar-refractivity contribution is -0.117. The van der Waals surface area contributed by atoms with Crippen LogP contribution in [0.3, 0.4) is 0 Å². The first-order valence-electron chi connectivity index (χ1n) is 8.15. The highest BCUT2D eigenvalue weighted by Crippen LogP contribution is 2.30. The predicted molar refractivity (Wildman–Crippen MR) is 103 cm³/mol. The van der Waals surface area contributed by atoms with Crippen LogP contribution in [0.4, 0.5) is 10.1 Å². The van der Waals surface area contributed by atoms with Gasteiger partial charge in [0.2, 0.25) is 5.91 Å². The summed E-state index contributed by atoms with van der Waals surface area (Å²) in [6, 6.07) is 9.93. The lowest BCUT2D eigenvalue weighted by atomic mass is 10.2. The Hall–Kier alpha value is -2.37. The molecule has 0 radical (unpaired) electrons. The molecule has 0 fully saturated rings. The van der Waals surface area contributed by atoms with Gasteiger partial charge in [-0.25, -0.2) is 4.39 Å². The van der Waals surface area contributed by atoms with Crippen LogP contribution in [0.15, 0.2) is 49.1 Å². The molecule has 0 spiro atoms. The fraction of sp³-hybridized carbons (Fsp3) is 0.250. The smallest absolute Gasteiger partial charge is 0.238 e. The van der Waals surface area contributed by atoms with Crippen molar-refractivity contribution in [2.45, 2.75) is 13.5 Å². The normalized spacial score (nSPS) is 10.7. The number of nitrogens with one attached hydrogen (secondary N) is 1. The number of amides is 1. The second kappa shape index (κ2) is 9.36. The molecule has 2 rings (SSSR count). The zero-order valence-corrected chi connectivity index (χ0v) is 15.6. The summed E-state index contributed by atoms with van der Waals surface area (Å²) in [5.41, 5.74) is 1.91. The largest absolute Gasteiger partial charge is 0.495 e. The molecular weight excluding hydrogens is 355 g/mol. The highest BCUT2D eigenvalue weighted by Gasteiger charge is 2.15. The van der Waals surface area contributed by atoms with Gasteiger partial charge in [-0.05, 0) is 24.6 Å². The molecule has 0 bridgehead atoms. The van der Waals surface area contributed by atoms with Crippen LogP contribution in [0.25, 0.3) is 0 Å². The topological polar surface area (TPSA) is 41.6 Å². The lowest BCUT2D eigenvalue weighted by Gasteiger charge is -2.21. The summed E-state index contributed by atoms with van der Waals surface area (Å²) in [6.07, 6.45) is 1.68. The monoisotopic (exact) mass is 376 g/mol. The van der Waals surface area contributed by atoms with Gasteiger partial charge in [0.1, 0.15) is 11.6 Å². The number of hydrogen-bond acceptors (Lipinski definition) is 3. The van der Waals surface area contributed by atoms with Crippen LogP contribution in [0, 0.1) is 12.7 Å². The number of ether oxygens (including phenoxy) is 1. The maximum atomic E-state index is 13.9. The summed E-state index contributed by atoms with van der Waals surface area (Å²) in [7, 11) is 1.51. The lowest BCUT2D eigenvalue weighted by Crippen LogP contribution is -2.33. The van der Waals surface area contributed by atoms with Gasteiger partial charge in [-0.15, -0.1) is 6.58 Å². The molecular formula is C20H22ClFN2O2. The molecule has 0 atom stereocenters. The van der Waals surface area contributed by atoms with E-state index < -0.39 is 0 Å². The summed E-state index contributed by atoms with van der Waals surface area (Å²) in [6.45, 7) is 6.40. The number of methoxy groups -OCH3 is 1. The molecule has 1 N–H and O–H groups in total. The Balaban J connectivity index is 2.09. The average molecular weight is 377 g/mol. The molecule has 0 aliphatic carbocycles. The van der Waals surface area contributed by atoms with Crippen LogP contribution in [0.5, 0.6) is 5.75 Å². The summed E-state index contributed by atoms with van der Waals surface area (Å²) in [5.74, 6) is -0.0431. The summed E-state index contributed by atoms with van der Waals surface area (Å²) >= 11 is 6.08. The van der Waals surface area contributed by atoms with Crippen molar-refractivity contribution in [1.29, 1.82) is 0 Å². The molecule has 0 unspecified atom stereocenters. The van der Waals surface area contributed by atoms with E-state index in [-0.39, 0.29) is 18.3 Å². The van der Waals surface area contributed by atoms with Gasteiger partial charge in [-0.2, -0.15) is 0 Å². The Bertz CT molecular complexity index is 795. The van der Waals surface area contributed by atoms with Gasteiger partial charge in [-0.3, -0.25) is 9.69 Å². The molecule has 0 saturated heterocycles. The van der Waals surface area contributed by atoms with E-state index in [0.717, 1.165) is 5.56 Å². The SMILES string of the molecule is C=CCN(CC(=O)Nc1cc(C)c(Cl)cc1OC)Cc1ccccc1F. The van der Waals surface area contributed by atoms with E-state index in [4.69, 9.17) is 16.3 Å². The number of hydrogen-bond donors (Lipinski definition) is 1. The average Bonchev–Trinajstić information content (AvgIpc) is 2.60. The van der Waals surface area contributed by atoms with E-state index in [1.54, 1.807) is 41.3 Å². The molecule has 0 heterocycles. The molecule has 1 amide bonds. The number of carbonyl (C=O) groups is 1. The second-order valence-electron chi connectivity index (χ2n) is 5.90. The van der Waals surface area contributed by atoms with Crippen molar-refractivity contribution in [3.05, 3.63) is 71.0 Å². The van der Waals surface area contributed by atoms with Crippen molar-refractivity contribution in [2.75, 3.05) is 25.5 Å². The quantitative estimate of drug-likeness (QED) is 0.693. The summed E-state index contributed by atoms with van der Waals surface area (Å²) in [5, 5.41) is 3.39. The minimum Gasteiger partial charge on any atom is -0.495 e. The van der Waals surface area contributed by atoms with Crippen LogP contribution in [-0.4, -0.2) is 31.0 Å². The van der Waals surface area contributed by atoms with Crippen LogP contribution in [0.1, 0.15) is 11.1 Å². The van der Waals surface area contributed by atoms with Crippen molar-refractivity contribution in [3.63, 3.8) is 0 Å². The molecule has 2 aromatic carbocycles. The molecule has 6 heteroatoms. The highest BCUT2D eigenvalue weighted by atomic mass is 35.5. The Morgan fingerprint density at radius 2 is 2.12 bits per heavy atom. The van der Waals surface area contributed by atoms with Gasteiger partial charge in [-0.1, -0.05) is 35.9 Å². The first kappa shape index (κ1) is 19.9. The third-order valence-electron chi connectivity index (χ3n) is 3.86. The van der Waals surface area contributed by atoms with Crippen molar-refractivity contribution < 1.29 is 13.9 Å². The molecule has 26 heavy (non-hydrogen) atoms. The van der Waals surface area contributed by atoms with Gasteiger partial charge < -0.3 is 10.1 Å².